The molecule has 0 atom stereocenters. The third-order valence-corrected chi connectivity index (χ3v) is 19.3. The SMILES string of the molecule is CCCCCCCCCCCCP(Br)(CCCCCCCC)(CCCCCCCC)CCCCCCCC. The number of halogens is 1. The van der Waals surface area contributed by atoms with Crippen molar-refractivity contribution in [2.75, 3.05) is 24.6 Å². The van der Waals surface area contributed by atoms with Gasteiger partial charge in [-0.3, -0.25) is 0 Å². The van der Waals surface area contributed by atoms with E-state index in [9.17, 15) is 0 Å². The molecule has 0 fully saturated rings. The van der Waals surface area contributed by atoms with E-state index in [2.05, 4.69) is 27.7 Å². The molecular formula is C36H76BrP. The molecule has 0 aliphatic carbocycles. The third kappa shape index (κ3) is 23.6. The molecule has 0 saturated heterocycles. The molecule has 0 aliphatic rings. The summed E-state index contributed by atoms with van der Waals surface area (Å²) in [6, 6.07) is 0. The van der Waals surface area contributed by atoms with Gasteiger partial charge in [-0.05, 0) is 0 Å². The summed E-state index contributed by atoms with van der Waals surface area (Å²) in [5, 5.41) is -1.78. The van der Waals surface area contributed by atoms with Crippen LogP contribution < -0.4 is 0 Å². The Kier molecular flexibility index (Phi) is 28.7. The van der Waals surface area contributed by atoms with Crippen LogP contribution in [0.1, 0.15) is 207 Å². The Morgan fingerprint density at radius 2 is 0.421 bits per heavy atom. The quantitative estimate of drug-likeness (QED) is 0.0519. The Morgan fingerprint density at radius 1 is 0.263 bits per heavy atom. The Bertz CT molecular complexity index is 419. The first-order valence-corrected chi connectivity index (χ1v) is 23.3. The molecule has 0 aromatic heterocycles. The second-order valence-corrected chi connectivity index (χ2v) is 24.6. The molecule has 0 aromatic rings. The van der Waals surface area contributed by atoms with Crippen molar-refractivity contribution in [3.8, 4) is 0 Å². The van der Waals surface area contributed by atoms with Gasteiger partial charge < -0.3 is 0 Å². The molecule has 38 heavy (non-hydrogen) atoms. The zero-order chi connectivity index (χ0) is 28.1. The van der Waals surface area contributed by atoms with Gasteiger partial charge in [0, 0.05) is 0 Å². The standard InChI is InChI=1S/C36H76BrP/c1-5-9-13-17-21-22-23-24-28-32-36-38(37,33-29-25-18-14-10-6-2,34-30-26-19-15-11-7-3)35-31-27-20-16-12-8-4/h5-36H2,1-4H3. The van der Waals surface area contributed by atoms with E-state index >= 15 is 0 Å². The normalized spacial score (nSPS) is 13.1. The summed E-state index contributed by atoms with van der Waals surface area (Å²) in [5.41, 5.74) is 0. The van der Waals surface area contributed by atoms with Crippen molar-refractivity contribution in [2.24, 2.45) is 0 Å². The minimum absolute atomic E-state index is 1.37. The van der Waals surface area contributed by atoms with Crippen LogP contribution in [-0.2, 0) is 0 Å². The van der Waals surface area contributed by atoms with Crippen LogP contribution in [-0.4, -0.2) is 24.6 Å². The van der Waals surface area contributed by atoms with Crippen molar-refractivity contribution in [3.05, 3.63) is 0 Å². The molecule has 0 heterocycles. The number of rotatable bonds is 32. The Balaban J connectivity index is 4.92. The third-order valence-electron chi connectivity index (χ3n) is 9.28. The predicted molar refractivity (Wildman–Crippen MR) is 187 cm³/mol. The van der Waals surface area contributed by atoms with Gasteiger partial charge >= 0.3 is 253 Å². The fraction of sp³-hybridized carbons (Fsp3) is 1.00. The van der Waals surface area contributed by atoms with Crippen LogP contribution in [0.15, 0.2) is 0 Å². The van der Waals surface area contributed by atoms with Crippen molar-refractivity contribution in [1.82, 2.24) is 0 Å². The van der Waals surface area contributed by atoms with Crippen molar-refractivity contribution in [2.45, 2.75) is 207 Å². The molecule has 0 aliphatic heterocycles. The molecular weight excluding hydrogens is 543 g/mol. The molecule has 0 spiro atoms. The monoisotopic (exact) mass is 618 g/mol. The summed E-state index contributed by atoms with van der Waals surface area (Å²) >= 11 is 4.79. The van der Waals surface area contributed by atoms with Gasteiger partial charge in [-0.2, -0.15) is 0 Å². The number of hydrogen-bond acceptors (Lipinski definition) is 0. The Labute approximate surface area is 252 Å². The second kappa shape index (κ2) is 28.0. The van der Waals surface area contributed by atoms with Crippen molar-refractivity contribution < 1.29 is 0 Å². The molecule has 0 saturated carbocycles. The van der Waals surface area contributed by atoms with E-state index in [1.807, 2.05) is 0 Å². The molecule has 232 valence electrons. The van der Waals surface area contributed by atoms with E-state index < -0.39 is 5.31 Å². The first-order valence-electron chi connectivity index (χ1n) is 18.3. The van der Waals surface area contributed by atoms with Crippen LogP contribution in [0.2, 0.25) is 0 Å². The van der Waals surface area contributed by atoms with Gasteiger partial charge in [0.15, 0.2) is 0 Å². The second-order valence-electron chi connectivity index (χ2n) is 13.2. The van der Waals surface area contributed by atoms with Crippen molar-refractivity contribution in [3.63, 3.8) is 0 Å². The van der Waals surface area contributed by atoms with E-state index in [-0.39, 0.29) is 0 Å². The van der Waals surface area contributed by atoms with Crippen LogP contribution in [0, 0.1) is 0 Å². The van der Waals surface area contributed by atoms with Crippen molar-refractivity contribution in [1.29, 1.82) is 0 Å². The summed E-state index contributed by atoms with van der Waals surface area (Å²) < 4.78 is 0. The van der Waals surface area contributed by atoms with E-state index in [1.165, 1.54) is 180 Å². The van der Waals surface area contributed by atoms with E-state index in [4.69, 9.17) is 15.5 Å². The van der Waals surface area contributed by atoms with Crippen LogP contribution in [0.4, 0.5) is 0 Å². The zero-order valence-corrected chi connectivity index (χ0v) is 29.9. The summed E-state index contributed by atoms with van der Waals surface area (Å²) in [7, 11) is 0. The topological polar surface area (TPSA) is 0 Å². The molecule has 0 amide bonds. The fourth-order valence-corrected chi connectivity index (χ4v) is 14.9. The van der Waals surface area contributed by atoms with E-state index in [0.29, 0.717) is 0 Å². The average Bonchev–Trinajstić information content (AvgIpc) is 2.92. The molecule has 2 heteroatoms. The maximum absolute atomic E-state index is 4.79. The van der Waals surface area contributed by atoms with Gasteiger partial charge in [0.25, 0.3) is 0 Å². The van der Waals surface area contributed by atoms with Gasteiger partial charge in [-0.15, -0.1) is 0 Å². The summed E-state index contributed by atoms with van der Waals surface area (Å²) in [6.45, 7) is 9.36. The van der Waals surface area contributed by atoms with E-state index in [1.54, 1.807) is 24.6 Å². The molecule has 0 bridgehead atoms. The predicted octanol–water partition coefficient (Wildman–Crippen LogP) is 14.9. The molecule has 0 N–H and O–H groups in total. The van der Waals surface area contributed by atoms with Gasteiger partial charge in [0.2, 0.25) is 0 Å². The van der Waals surface area contributed by atoms with Crippen LogP contribution >= 0.6 is 20.8 Å². The van der Waals surface area contributed by atoms with Gasteiger partial charge in [0.1, 0.15) is 0 Å². The van der Waals surface area contributed by atoms with E-state index in [0.717, 1.165) is 0 Å². The van der Waals surface area contributed by atoms with Gasteiger partial charge in [-0.1, -0.05) is 0 Å². The van der Waals surface area contributed by atoms with Crippen LogP contribution in [0.5, 0.6) is 0 Å². The molecule has 0 rings (SSSR count). The average molecular weight is 620 g/mol. The molecule has 0 aromatic carbocycles. The number of unbranched alkanes of at least 4 members (excludes halogenated alkanes) is 24. The summed E-state index contributed by atoms with van der Waals surface area (Å²) in [5.74, 6) is 0. The van der Waals surface area contributed by atoms with Gasteiger partial charge in [-0.25, -0.2) is 0 Å². The summed E-state index contributed by atoms with van der Waals surface area (Å²) in [6.07, 6.45) is 47.0. The summed E-state index contributed by atoms with van der Waals surface area (Å²) in [4.78, 5) is 0. The minimum atomic E-state index is -1.78. The molecule has 0 radical (unpaired) electrons. The number of hydrogen-bond donors (Lipinski definition) is 0. The first kappa shape index (κ1) is 38.9. The van der Waals surface area contributed by atoms with Crippen molar-refractivity contribution >= 4 is 20.8 Å². The Morgan fingerprint density at radius 3 is 0.605 bits per heavy atom. The molecule has 0 nitrogen and oxygen atoms in total. The first-order chi connectivity index (χ1) is 18.5. The zero-order valence-electron chi connectivity index (χ0n) is 27.5. The van der Waals surface area contributed by atoms with Gasteiger partial charge in [0.05, 0.1) is 0 Å². The van der Waals surface area contributed by atoms with Crippen LogP contribution in [0.25, 0.3) is 0 Å². The fourth-order valence-electron chi connectivity index (χ4n) is 6.53. The van der Waals surface area contributed by atoms with Crippen LogP contribution in [0.3, 0.4) is 0 Å². The maximum atomic E-state index is 4.79. The Hall–Kier alpha value is 0.910. The molecule has 0 unspecified atom stereocenters.